The minimum atomic E-state index is -4.81. The van der Waals surface area contributed by atoms with Crippen molar-refractivity contribution in [2.24, 2.45) is 0 Å². The third-order valence-corrected chi connectivity index (χ3v) is 11.3. The van der Waals surface area contributed by atoms with Crippen molar-refractivity contribution in [2.75, 3.05) is 38.6 Å². The summed E-state index contributed by atoms with van der Waals surface area (Å²) in [6.07, 6.45) is 0. The predicted octanol–water partition coefficient (Wildman–Crippen LogP) is 4.20. The molecule has 0 radical (unpaired) electrons. The highest BCUT2D eigenvalue weighted by atomic mass is 35.5. The SMILES string of the molecule is CN(C)c1ccc2c(S(=O)(=O)N3CCN(S(=O)(=O)c4cc(F)c(Oc5ccc(Cl)cc5)c(F)c4)[C@@H](C(=O)NO)C3)cccc2c1. The quantitative estimate of drug-likeness (QED) is 0.209. The summed E-state index contributed by atoms with van der Waals surface area (Å²) in [5.74, 6) is -4.77. The standard InChI is InChI=1S/C29H27ClF2N4O7S2/c1-34(2)20-8-11-23-18(14-20)4-3-5-27(23)45(41,42)35-12-13-36(26(17-35)29(37)33-38)44(39,40)22-15-24(31)28(25(32)16-22)43-21-9-6-19(30)7-10-21/h3-11,14-16,26,38H,12-13,17H2,1-2H3,(H,33,37)/t26-/m1/s1. The van der Waals surface area contributed by atoms with E-state index in [0.29, 0.717) is 32.2 Å². The van der Waals surface area contributed by atoms with E-state index in [0.717, 1.165) is 9.99 Å². The van der Waals surface area contributed by atoms with Crippen molar-refractivity contribution in [3.63, 3.8) is 0 Å². The second-order valence-corrected chi connectivity index (χ2v) is 14.5. The lowest BCUT2D eigenvalue weighted by Crippen LogP contribution is -2.61. The fraction of sp³-hybridized carbons (Fsp3) is 0.207. The molecule has 1 saturated heterocycles. The van der Waals surface area contributed by atoms with Crippen LogP contribution in [-0.4, -0.2) is 76.3 Å². The lowest BCUT2D eigenvalue weighted by Gasteiger charge is -2.38. The third kappa shape index (κ3) is 6.32. The summed E-state index contributed by atoms with van der Waals surface area (Å²) in [7, 11) is -5.41. The molecule has 0 unspecified atom stereocenters. The van der Waals surface area contributed by atoms with Crippen LogP contribution in [0, 0.1) is 11.6 Å². The molecule has 5 rings (SSSR count). The lowest BCUT2D eigenvalue weighted by atomic mass is 10.1. The number of anilines is 1. The smallest absolute Gasteiger partial charge is 0.263 e. The van der Waals surface area contributed by atoms with E-state index in [1.165, 1.54) is 35.8 Å². The summed E-state index contributed by atoms with van der Waals surface area (Å²) in [6.45, 7) is -1.66. The average molecular weight is 681 g/mol. The first-order chi connectivity index (χ1) is 21.2. The number of fused-ring (bicyclic) bond motifs is 1. The van der Waals surface area contributed by atoms with Crippen molar-refractivity contribution in [3.05, 3.63) is 89.5 Å². The van der Waals surface area contributed by atoms with Gasteiger partial charge in [0.15, 0.2) is 17.4 Å². The fourth-order valence-corrected chi connectivity index (χ4v) is 8.33. The zero-order valence-electron chi connectivity index (χ0n) is 23.8. The Hall–Kier alpha value is -3.86. The molecule has 45 heavy (non-hydrogen) atoms. The van der Waals surface area contributed by atoms with Crippen molar-refractivity contribution >= 4 is 54.0 Å². The molecule has 16 heteroatoms. The van der Waals surface area contributed by atoms with Crippen LogP contribution < -0.4 is 15.1 Å². The van der Waals surface area contributed by atoms with Crippen LogP contribution in [0.1, 0.15) is 0 Å². The van der Waals surface area contributed by atoms with Crippen molar-refractivity contribution in [2.45, 2.75) is 15.8 Å². The molecule has 1 aliphatic rings. The minimum absolute atomic E-state index is 0.0363. The van der Waals surface area contributed by atoms with Crippen molar-refractivity contribution in [3.8, 4) is 11.5 Å². The largest absolute Gasteiger partial charge is 0.451 e. The molecule has 11 nitrogen and oxygen atoms in total. The Morgan fingerprint density at radius 3 is 2.24 bits per heavy atom. The molecule has 0 spiro atoms. The molecule has 1 amide bonds. The van der Waals surface area contributed by atoms with Gasteiger partial charge >= 0.3 is 0 Å². The van der Waals surface area contributed by atoms with E-state index in [4.69, 9.17) is 16.3 Å². The molecule has 1 aliphatic heterocycles. The number of nitrogens with one attached hydrogen (secondary N) is 1. The van der Waals surface area contributed by atoms with Gasteiger partial charge in [-0.05, 0) is 60.0 Å². The lowest BCUT2D eigenvalue weighted by molar-refractivity contribution is -0.134. The fourth-order valence-electron chi connectivity index (χ4n) is 4.96. The number of benzene rings is 4. The second kappa shape index (κ2) is 12.5. The Balaban J connectivity index is 1.45. The van der Waals surface area contributed by atoms with E-state index in [1.807, 2.05) is 25.1 Å². The van der Waals surface area contributed by atoms with E-state index < -0.39 is 73.9 Å². The highest BCUT2D eigenvalue weighted by Crippen LogP contribution is 2.34. The van der Waals surface area contributed by atoms with Crippen LogP contribution in [0.25, 0.3) is 10.8 Å². The van der Waals surface area contributed by atoms with Gasteiger partial charge in [0.1, 0.15) is 11.8 Å². The third-order valence-electron chi connectivity index (χ3n) is 7.28. The summed E-state index contributed by atoms with van der Waals surface area (Å²) in [5, 5.41) is 10.8. The number of ether oxygens (including phenoxy) is 1. The zero-order chi connectivity index (χ0) is 32.7. The Bertz CT molecular complexity index is 1970. The Morgan fingerprint density at radius 2 is 1.62 bits per heavy atom. The first-order valence-corrected chi connectivity index (χ1v) is 16.6. The number of rotatable bonds is 8. The second-order valence-electron chi connectivity index (χ2n) is 10.3. The molecule has 0 bridgehead atoms. The minimum Gasteiger partial charge on any atom is -0.451 e. The summed E-state index contributed by atoms with van der Waals surface area (Å²) < 4.78 is 91.7. The monoisotopic (exact) mass is 680 g/mol. The predicted molar refractivity (Wildman–Crippen MR) is 163 cm³/mol. The van der Waals surface area contributed by atoms with Crippen molar-refractivity contribution in [1.82, 2.24) is 14.1 Å². The highest BCUT2D eigenvalue weighted by Gasteiger charge is 2.44. The van der Waals surface area contributed by atoms with Crippen LogP contribution in [0.3, 0.4) is 0 Å². The molecule has 1 heterocycles. The number of sulfonamides is 2. The van der Waals surface area contributed by atoms with Gasteiger partial charge in [0.05, 0.1) is 9.79 Å². The first-order valence-electron chi connectivity index (χ1n) is 13.3. The zero-order valence-corrected chi connectivity index (χ0v) is 26.2. The van der Waals surface area contributed by atoms with Crippen LogP contribution in [-0.2, 0) is 24.8 Å². The number of piperazine rings is 1. The molecule has 4 aromatic carbocycles. The molecule has 2 N–H and O–H groups in total. The Kier molecular flexibility index (Phi) is 9.04. The van der Waals surface area contributed by atoms with Gasteiger partial charge in [-0.3, -0.25) is 10.0 Å². The van der Waals surface area contributed by atoms with Gasteiger partial charge in [-0.25, -0.2) is 31.1 Å². The summed E-state index contributed by atoms with van der Waals surface area (Å²) in [6, 6.07) is 14.8. The number of halogens is 3. The van der Waals surface area contributed by atoms with E-state index in [2.05, 4.69) is 0 Å². The maximum absolute atomic E-state index is 15.0. The summed E-state index contributed by atoms with van der Waals surface area (Å²) >= 11 is 5.81. The molecule has 1 atom stereocenters. The van der Waals surface area contributed by atoms with Gasteiger partial charge in [0, 0.05) is 49.8 Å². The topological polar surface area (TPSA) is 137 Å². The number of amides is 1. The normalized spacial score (nSPS) is 16.4. The molecular formula is C29H27ClF2N4O7S2. The van der Waals surface area contributed by atoms with E-state index in [1.54, 1.807) is 24.3 Å². The maximum Gasteiger partial charge on any atom is 0.263 e. The van der Waals surface area contributed by atoms with Gasteiger partial charge in [0.25, 0.3) is 5.91 Å². The van der Waals surface area contributed by atoms with Gasteiger partial charge in [-0.15, -0.1) is 0 Å². The summed E-state index contributed by atoms with van der Waals surface area (Å²) in [5.41, 5.74) is 2.20. The number of hydroxylamine groups is 1. The molecular weight excluding hydrogens is 654 g/mol. The molecule has 238 valence electrons. The Labute approximate surface area is 263 Å². The molecule has 1 fully saturated rings. The van der Waals surface area contributed by atoms with Crippen molar-refractivity contribution < 1.29 is 40.4 Å². The average Bonchev–Trinajstić information content (AvgIpc) is 3.02. The molecule has 0 aromatic heterocycles. The number of carbonyl (C=O) groups excluding carboxylic acids is 1. The van der Waals surface area contributed by atoms with Crippen LogP contribution in [0.15, 0.2) is 82.6 Å². The van der Waals surface area contributed by atoms with Crippen LogP contribution >= 0.6 is 11.6 Å². The number of nitrogens with zero attached hydrogens (tertiary/aromatic N) is 3. The van der Waals surface area contributed by atoms with E-state index in [9.17, 15) is 26.8 Å². The van der Waals surface area contributed by atoms with Gasteiger partial charge in [0.2, 0.25) is 20.0 Å². The molecule has 0 aliphatic carbocycles. The van der Waals surface area contributed by atoms with Gasteiger partial charge in [-0.2, -0.15) is 8.61 Å². The first kappa shape index (κ1) is 32.5. The maximum atomic E-state index is 15.0. The van der Waals surface area contributed by atoms with Gasteiger partial charge in [-0.1, -0.05) is 29.8 Å². The molecule has 0 saturated carbocycles. The van der Waals surface area contributed by atoms with Gasteiger partial charge < -0.3 is 9.64 Å². The van der Waals surface area contributed by atoms with E-state index in [-0.39, 0.29) is 10.6 Å². The summed E-state index contributed by atoms with van der Waals surface area (Å²) in [4.78, 5) is 13.7. The van der Waals surface area contributed by atoms with Crippen LogP contribution in [0.4, 0.5) is 14.5 Å². The number of carbonyl (C=O) groups is 1. The van der Waals surface area contributed by atoms with E-state index >= 15 is 8.78 Å². The van der Waals surface area contributed by atoms with Crippen LogP contribution in [0.2, 0.25) is 5.02 Å². The Morgan fingerprint density at radius 1 is 0.956 bits per heavy atom. The van der Waals surface area contributed by atoms with Crippen LogP contribution in [0.5, 0.6) is 11.5 Å². The number of hydrogen-bond donors (Lipinski definition) is 2. The number of hydrogen-bond acceptors (Lipinski definition) is 8. The highest BCUT2D eigenvalue weighted by molar-refractivity contribution is 7.89. The molecule has 4 aromatic rings. The van der Waals surface area contributed by atoms with Crippen molar-refractivity contribution in [1.29, 1.82) is 0 Å².